The summed E-state index contributed by atoms with van der Waals surface area (Å²) in [5.74, 6) is 0.862. The number of nitrogens with zero attached hydrogens (tertiary/aromatic N) is 2. The monoisotopic (exact) mass is 176 g/mol. The highest BCUT2D eigenvalue weighted by Crippen LogP contribution is 2.23. The van der Waals surface area contributed by atoms with Crippen molar-refractivity contribution in [3.63, 3.8) is 0 Å². The third-order valence-electron chi connectivity index (χ3n) is 1.91. The minimum Gasteiger partial charge on any atom is -0.492 e. The maximum Gasteiger partial charge on any atom is 0.147 e. The standard InChI is InChI=1S/C10H12N2O/c1-3-13-9-6-4-5-8-7-12(2)11-10(8)9/h4-7H,3H2,1-2H3. The van der Waals surface area contributed by atoms with Crippen LogP contribution in [0.1, 0.15) is 6.92 Å². The largest absolute Gasteiger partial charge is 0.492 e. The van der Waals surface area contributed by atoms with Crippen molar-refractivity contribution in [2.75, 3.05) is 6.61 Å². The second-order valence-electron chi connectivity index (χ2n) is 2.93. The summed E-state index contributed by atoms with van der Waals surface area (Å²) in [6.45, 7) is 2.65. The topological polar surface area (TPSA) is 27.1 Å². The second-order valence-corrected chi connectivity index (χ2v) is 2.93. The van der Waals surface area contributed by atoms with Crippen LogP contribution in [0.3, 0.4) is 0 Å². The average molecular weight is 176 g/mol. The van der Waals surface area contributed by atoms with Crippen molar-refractivity contribution >= 4 is 10.9 Å². The van der Waals surface area contributed by atoms with E-state index >= 15 is 0 Å². The van der Waals surface area contributed by atoms with Crippen LogP contribution in [0.4, 0.5) is 0 Å². The third-order valence-corrected chi connectivity index (χ3v) is 1.91. The van der Waals surface area contributed by atoms with Crippen LogP contribution in [0, 0.1) is 0 Å². The summed E-state index contributed by atoms with van der Waals surface area (Å²) in [6, 6.07) is 5.96. The van der Waals surface area contributed by atoms with Crippen molar-refractivity contribution in [3.8, 4) is 5.75 Å². The Labute approximate surface area is 76.9 Å². The number of aromatic nitrogens is 2. The van der Waals surface area contributed by atoms with E-state index in [0.717, 1.165) is 16.7 Å². The molecule has 2 aromatic rings. The maximum atomic E-state index is 5.46. The fourth-order valence-corrected chi connectivity index (χ4v) is 1.41. The molecule has 0 aliphatic carbocycles. The lowest BCUT2D eigenvalue weighted by atomic mass is 10.2. The lowest BCUT2D eigenvalue weighted by molar-refractivity contribution is 0.343. The van der Waals surface area contributed by atoms with Crippen molar-refractivity contribution in [1.29, 1.82) is 0 Å². The number of hydrogen-bond donors (Lipinski definition) is 0. The predicted molar refractivity (Wildman–Crippen MR) is 51.9 cm³/mol. The van der Waals surface area contributed by atoms with Gasteiger partial charge in [-0.2, -0.15) is 5.10 Å². The van der Waals surface area contributed by atoms with Crippen LogP contribution in [0.25, 0.3) is 10.9 Å². The zero-order valence-electron chi connectivity index (χ0n) is 7.82. The highest BCUT2D eigenvalue weighted by Gasteiger charge is 2.03. The second kappa shape index (κ2) is 3.09. The normalized spacial score (nSPS) is 10.6. The van der Waals surface area contributed by atoms with Crippen molar-refractivity contribution in [1.82, 2.24) is 9.78 Å². The molecule has 0 fully saturated rings. The fraction of sp³-hybridized carbons (Fsp3) is 0.300. The van der Waals surface area contributed by atoms with Crippen molar-refractivity contribution < 1.29 is 4.74 Å². The molecule has 0 radical (unpaired) electrons. The number of fused-ring (bicyclic) bond motifs is 1. The van der Waals surface area contributed by atoms with Gasteiger partial charge in [-0.1, -0.05) is 12.1 Å². The van der Waals surface area contributed by atoms with Gasteiger partial charge in [-0.05, 0) is 13.0 Å². The molecule has 13 heavy (non-hydrogen) atoms. The molecule has 2 rings (SSSR count). The summed E-state index contributed by atoms with van der Waals surface area (Å²) >= 11 is 0. The van der Waals surface area contributed by atoms with Crippen LogP contribution in [-0.2, 0) is 7.05 Å². The molecule has 0 amide bonds. The van der Waals surface area contributed by atoms with E-state index in [-0.39, 0.29) is 0 Å². The van der Waals surface area contributed by atoms with E-state index in [1.54, 1.807) is 4.68 Å². The van der Waals surface area contributed by atoms with Gasteiger partial charge in [0.1, 0.15) is 11.3 Å². The maximum absolute atomic E-state index is 5.46. The molecule has 1 heterocycles. The molecule has 68 valence electrons. The first-order valence-corrected chi connectivity index (χ1v) is 4.36. The van der Waals surface area contributed by atoms with Crippen LogP contribution >= 0.6 is 0 Å². The Morgan fingerprint density at radius 2 is 2.31 bits per heavy atom. The summed E-state index contributed by atoms with van der Waals surface area (Å²) in [4.78, 5) is 0. The molecule has 0 bridgehead atoms. The van der Waals surface area contributed by atoms with Gasteiger partial charge in [-0.15, -0.1) is 0 Å². The van der Waals surface area contributed by atoms with Crippen LogP contribution in [0.2, 0.25) is 0 Å². The molecule has 1 aromatic heterocycles. The third kappa shape index (κ3) is 1.37. The van der Waals surface area contributed by atoms with E-state index in [4.69, 9.17) is 4.74 Å². The van der Waals surface area contributed by atoms with E-state index in [1.165, 1.54) is 0 Å². The van der Waals surface area contributed by atoms with E-state index in [9.17, 15) is 0 Å². The molecular weight excluding hydrogens is 164 g/mol. The molecule has 0 spiro atoms. The van der Waals surface area contributed by atoms with E-state index < -0.39 is 0 Å². The highest BCUT2D eigenvalue weighted by atomic mass is 16.5. The Balaban J connectivity index is 2.60. The van der Waals surface area contributed by atoms with Gasteiger partial charge in [0.2, 0.25) is 0 Å². The Hall–Kier alpha value is -1.51. The molecule has 0 aliphatic rings. The Kier molecular flexibility index (Phi) is 1.93. The summed E-state index contributed by atoms with van der Waals surface area (Å²) in [7, 11) is 1.91. The number of rotatable bonds is 2. The summed E-state index contributed by atoms with van der Waals surface area (Å²) < 4.78 is 7.26. The molecule has 3 heteroatoms. The molecule has 0 N–H and O–H groups in total. The first-order valence-electron chi connectivity index (χ1n) is 4.36. The smallest absolute Gasteiger partial charge is 0.147 e. The Bertz CT molecular complexity index is 420. The number of aryl methyl sites for hydroxylation is 1. The van der Waals surface area contributed by atoms with Crippen LogP contribution in [0.5, 0.6) is 5.75 Å². The zero-order chi connectivity index (χ0) is 9.26. The minimum absolute atomic E-state index is 0.676. The van der Waals surface area contributed by atoms with Gasteiger partial charge < -0.3 is 4.74 Å². The average Bonchev–Trinajstić information content (AvgIpc) is 2.47. The quantitative estimate of drug-likeness (QED) is 0.699. The number of benzene rings is 1. The fourth-order valence-electron chi connectivity index (χ4n) is 1.41. The number of hydrogen-bond acceptors (Lipinski definition) is 2. The van der Waals surface area contributed by atoms with Crippen molar-refractivity contribution in [2.24, 2.45) is 7.05 Å². The van der Waals surface area contributed by atoms with Crippen LogP contribution < -0.4 is 4.74 Å². The molecular formula is C10H12N2O. The minimum atomic E-state index is 0.676. The first kappa shape index (κ1) is 8.10. The summed E-state index contributed by atoms with van der Waals surface area (Å²) in [5, 5.41) is 5.44. The lowest BCUT2D eigenvalue weighted by Gasteiger charge is -2.01. The SMILES string of the molecule is CCOc1cccc2cn(C)nc12. The summed E-state index contributed by atoms with van der Waals surface area (Å²) in [5.41, 5.74) is 0.937. The highest BCUT2D eigenvalue weighted by molar-refractivity contribution is 5.83. The van der Waals surface area contributed by atoms with Gasteiger partial charge in [0.05, 0.1) is 6.61 Å². The molecule has 0 unspecified atom stereocenters. The van der Waals surface area contributed by atoms with Crippen LogP contribution in [0.15, 0.2) is 24.4 Å². The number of ether oxygens (including phenoxy) is 1. The Morgan fingerprint density at radius 1 is 1.46 bits per heavy atom. The summed E-state index contributed by atoms with van der Waals surface area (Å²) in [6.07, 6.45) is 1.98. The van der Waals surface area contributed by atoms with Crippen molar-refractivity contribution in [2.45, 2.75) is 6.92 Å². The Morgan fingerprint density at radius 3 is 3.08 bits per heavy atom. The molecule has 0 aliphatic heterocycles. The molecule has 0 atom stereocenters. The van der Waals surface area contributed by atoms with Gasteiger partial charge in [0, 0.05) is 18.6 Å². The van der Waals surface area contributed by atoms with Crippen molar-refractivity contribution in [3.05, 3.63) is 24.4 Å². The van der Waals surface area contributed by atoms with E-state index in [0.29, 0.717) is 6.61 Å². The van der Waals surface area contributed by atoms with Gasteiger partial charge >= 0.3 is 0 Å². The molecule has 3 nitrogen and oxygen atoms in total. The van der Waals surface area contributed by atoms with Gasteiger partial charge in [-0.3, -0.25) is 4.68 Å². The zero-order valence-corrected chi connectivity index (χ0v) is 7.82. The first-order chi connectivity index (χ1) is 6.31. The predicted octanol–water partition coefficient (Wildman–Crippen LogP) is 1.97. The van der Waals surface area contributed by atoms with E-state index in [2.05, 4.69) is 5.10 Å². The van der Waals surface area contributed by atoms with Gasteiger partial charge in [0.25, 0.3) is 0 Å². The van der Waals surface area contributed by atoms with Crippen LogP contribution in [-0.4, -0.2) is 16.4 Å². The van der Waals surface area contributed by atoms with E-state index in [1.807, 2.05) is 38.4 Å². The van der Waals surface area contributed by atoms with Gasteiger partial charge in [-0.25, -0.2) is 0 Å². The molecule has 0 saturated heterocycles. The lowest BCUT2D eigenvalue weighted by Crippen LogP contribution is -1.92. The molecule has 1 aromatic carbocycles. The molecule has 0 saturated carbocycles. The van der Waals surface area contributed by atoms with Gasteiger partial charge in [0.15, 0.2) is 0 Å².